The summed E-state index contributed by atoms with van der Waals surface area (Å²) in [5, 5.41) is 12.0. The number of benzene rings is 2. The van der Waals surface area contributed by atoms with E-state index in [-0.39, 0.29) is 11.9 Å². The van der Waals surface area contributed by atoms with Crippen molar-refractivity contribution in [3.05, 3.63) is 48.5 Å². The fraction of sp³-hybridized carbons (Fsp3) is 0.300. The fourth-order valence-corrected chi connectivity index (χ4v) is 2.94. The predicted octanol–water partition coefficient (Wildman–Crippen LogP) is 4.25. The minimum Gasteiger partial charge on any atom is -0.493 e. The van der Waals surface area contributed by atoms with Crippen LogP contribution in [-0.4, -0.2) is 31.1 Å². The zero-order valence-electron chi connectivity index (χ0n) is 14.6. The lowest BCUT2D eigenvalue weighted by molar-refractivity contribution is 0.189. The SMILES string of the molecule is COc1ccccc1Oc1ccccc1NC(=O)N1CCC[C@H](C#N)C1. The zero-order chi connectivity index (χ0) is 18.4. The highest BCUT2D eigenvalue weighted by atomic mass is 16.5. The molecule has 26 heavy (non-hydrogen) atoms. The van der Waals surface area contributed by atoms with Crippen molar-refractivity contribution in [3.8, 4) is 23.3 Å². The molecule has 1 heterocycles. The van der Waals surface area contributed by atoms with E-state index in [1.807, 2.05) is 30.3 Å². The van der Waals surface area contributed by atoms with Gasteiger partial charge in [-0.25, -0.2) is 4.79 Å². The second-order valence-corrected chi connectivity index (χ2v) is 6.09. The Morgan fingerprint density at radius 1 is 1.15 bits per heavy atom. The molecule has 0 unspecified atom stereocenters. The number of nitriles is 1. The maximum atomic E-state index is 12.6. The van der Waals surface area contributed by atoms with Gasteiger partial charge < -0.3 is 19.7 Å². The van der Waals surface area contributed by atoms with Gasteiger partial charge in [0.05, 0.1) is 24.8 Å². The molecule has 0 bridgehead atoms. The minimum atomic E-state index is -0.221. The number of hydrogen-bond acceptors (Lipinski definition) is 4. The molecule has 6 nitrogen and oxygen atoms in total. The number of hydrogen-bond donors (Lipinski definition) is 1. The number of nitrogens with one attached hydrogen (secondary N) is 1. The molecular formula is C20H21N3O3. The highest BCUT2D eigenvalue weighted by Gasteiger charge is 2.24. The molecular weight excluding hydrogens is 330 g/mol. The van der Waals surface area contributed by atoms with E-state index in [9.17, 15) is 4.79 Å². The van der Waals surface area contributed by atoms with Gasteiger partial charge in [0.15, 0.2) is 17.2 Å². The number of piperidine rings is 1. The van der Waals surface area contributed by atoms with Gasteiger partial charge in [0.2, 0.25) is 0 Å². The van der Waals surface area contributed by atoms with Crippen molar-refractivity contribution >= 4 is 11.7 Å². The number of urea groups is 1. The summed E-state index contributed by atoms with van der Waals surface area (Å²) in [7, 11) is 1.58. The van der Waals surface area contributed by atoms with E-state index in [4.69, 9.17) is 14.7 Å². The standard InChI is InChI=1S/C20H21N3O3/c1-25-18-10-4-5-11-19(18)26-17-9-3-2-8-16(17)22-20(24)23-12-6-7-15(13-21)14-23/h2-5,8-11,15H,6-7,12,14H2,1H3,(H,22,24)/t15-/m1/s1. The number of ether oxygens (including phenoxy) is 2. The third-order valence-corrected chi connectivity index (χ3v) is 4.31. The van der Waals surface area contributed by atoms with E-state index in [1.54, 1.807) is 30.2 Å². The molecule has 1 atom stereocenters. The molecule has 2 amide bonds. The molecule has 1 saturated heterocycles. The second kappa shape index (κ2) is 8.26. The molecule has 3 rings (SSSR count). The molecule has 0 radical (unpaired) electrons. The molecule has 1 fully saturated rings. The molecule has 1 N–H and O–H groups in total. The number of nitrogens with zero attached hydrogens (tertiary/aromatic N) is 2. The van der Waals surface area contributed by atoms with Crippen LogP contribution in [0.2, 0.25) is 0 Å². The van der Waals surface area contributed by atoms with Crippen LogP contribution in [0.5, 0.6) is 17.2 Å². The van der Waals surface area contributed by atoms with Gasteiger partial charge >= 0.3 is 6.03 Å². The third kappa shape index (κ3) is 4.06. The van der Waals surface area contributed by atoms with Crippen molar-refractivity contribution in [2.45, 2.75) is 12.8 Å². The Hall–Kier alpha value is -3.20. The first kappa shape index (κ1) is 17.6. The van der Waals surface area contributed by atoms with Gasteiger partial charge in [-0.15, -0.1) is 0 Å². The van der Waals surface area contributed by atoms with Crippen LogP contribution in [0.25, 0.3) is 0 Å². The van der Waals surface area contributed by atoms with Crippen LogP contribution in [0.15, 0.2) is 48.5 Å². The molecule has 0 spiro atoms. The Morgan fingerprint density at radius 2 is 1.85 bits per heavy atom. The highest BCUT2D eigenvalue weighted by Crippen LogP contribution is 2.35. The summed E-state index contributed by atoms with van der Waals surface area (Å²) in [5.74, 6) is 1.61. The summed E-state index contributed by atoms with van der Waals surface area (Å²) in [4.78, 5) is 14.3. The van der Waals surface area contributed by atoms with Gasteiger partial charge in [-0.3, -0.25) is 0 Å². The Kier molecular flexibility index (Phi) is 5.59. The number of para-hydroxylation sites is 4. The molecule has 134 valence electrons. The van der Waals surface area contributed by atoms with Crippen LogP contribution in [0.3, 0.4) is 0 Å². The van der Waals surface area contributed by atoms with Gasteiger partial charge in [-0.1, -0.05) is 24.3 Å². The Bertz CT molecular complexity index is 816. The summed E-state index contributed by atoms with van der Waals surface area (Å²) < 4.78 is 11.3. The van der Waals surface area contributed by atoms with E-state index < -0.39 is 0 Å². The van der Waals surface area contributed by atoms with Crippen molar-refractivity contribution in [1.82, 2.24) is 4.90 Å². The average Bonchev–Trinajstić information content (AvgIpc) is 2.70. The van der Waals surface area contributed by atoms with Crippen LogP contribution in [0, 0.1) is 17.2 Å². The number of methoxy groups -OCH3 is 1. The van der Waals surface area contributed by atoms with E-state index in [1.165, 1.54) is 0 Å². The van der Waals surface area contributed by atoms with Crippen LogP contribution in [-0.2, 0) is 0 Å². The molecule has 2 aromatic rings. The third-order valence-electron chi connectivity index (χ3n) is 4.31. The van der Waals surface area contributed by atoms with Crippen LogP contribution >= 0.6 is 0 Å². The topological polar surface area (TPSA) is 74.6 Å². The summed E-state index contributed by atoms with van der Waals surface area (Å²) in [6.07, 6.45) is 1.68. The number of amides is 2. The summed E-state index contributed by atoms with van der Waals surface area (Å²) >= 11 is 0. The van der Waals surface area contributed by atoms with Crippen molar-refractivity contribution in [3.63, 3.8) is 0 Å². The van der Waals surface area contributed by atoms with Crippen LogP contribution < -0.4 is 14.8 Å². The number of carbonyl (C=O) groups is 1. The first-order valence-corrected chi connectivity index (χ1v) is 8.56. The van der Waals surface area contributed by atoms with Gasteiger partial charge in [0.1, 0.15) is 0 Å². The molecule has 6 heteroatoms. The van der Waals surface area contributed by atoms with E-state index in [0.29, 0.717) is 36.0 Å². The van der Waals surface area contributed by atoms with Crippen molar-refractivity contribution in [2.75, 3.05) is 25.5 Å². The average molecular weight is 351 g/mol. The van der Waals surface area contributed by atoms with Crippen LogP contribution in [0.4, 0.5) is 10.5 Å². The maximum absolute atomic E-state index is 12.6. The summed E-state index contributed by atoms with van der Waals surface area (Å²) in [6, 6.07) is 16.6. The lowest BCUT2D eigenvalue weighted by Crippen LogP contribution is -2.42. The van der Waals surface area contributed by atoms with Crippen LogP contribution in [0.1, 0.15) is 12.8 Å². The Balaban J connectivity index is 1.75. The summed E-state index contributed by atoms with van der Waals surface area (Å²) in [6.45, 7) is 1.11. The normalized spacial score (nSPS) is 16.5. The monoisotopic (exact) mass is 351 g/mol. The summed E-state index contributed by atoms with van der Waals surface area (Å²) in [5.41, 5.74) is 0.572. The number of anilines is 1. The molecule has 0 aliphatic carbocycles. The number of likely N-dealkylation sites (tertiary alicyclic amines) is 1. The zero-order valence-corrected chi connectivity index (χ0v) is 14.6. The molecule has 1 aliphatic rings. The van der Waals surface area contributed by atoms with Gasteiger partial charge in [0, 0.05) is 13.1 Å². The molecule has 0 aromatic heterocycles. The minimum absolute atomic E-state index is 0.102. The van der Waals surface area contributed by atoms with Crippen molar-refractivity contribution in [2.24, 2.45) is 5.92 Å². The van der Waals surface area contributed by atoms with Crippen molar-refractivity contribution in [1.29, 1.82) is 5.26 Å². The number of rotatable bonds is 4. The van der Waals surface area contributed by atoms with Gasteiger partial charge in [-0.05, 0) is 37.1 Å². The number of carbonyl (C=O) groups excluding carboxylic acids is 1. The fourth-order valence-electron chi connectivity index (χ4n) is 2.94. The van der Waals surface area contributed by atoms with E-state index in [0.717, 1.165) is 12.8 Å². The quantitative estimate of drug-likeness (QED) is 0.893. The largest absolute Gasteiger partial charge is 0.493 e. The van der Waals surface area contributed by atoms with Gasteiger partial charge in [-0.2, -0.15) is 5.26 Å². The Morgan fingerprint density at radius 3 is 2.58 bits per heavy atom. The van der Waals surface area contributed by atoms with E-state index >= 15 is 0 Å². The Labute approximate surface area is 152 Å². The highest BCUT2D eigenvalue weighted by molar-refractivity contribution is 5.91. The lowest BCUT2D eigenvalue weighted by Gasteiger charge is -2.29. The lowest BCUT2D eigenvalue weighted by atomic mass is 10.0. The first-order valence-electron chi connectivity index (χ1n) is 8.56. The first-order chi connectivity index (χ1) is 12.7. The van der Waals surface area contributed by atoms with E-state index in [2.05, 4.69) is 11.4 Å². The smallest absolute Gasteiger partial charge is 0.321 e. The predicted molar refractivity (Wildman–Crippen MR) is 98.4 cm³/mol. The van der Waals surface area contributed by atoms with Gasteiger partial charge in [0.25, 0.3) is 0 Å². The molecule has 0 saturated carbocycles. The second-order valence-electron chi connectivity index (χ2n) is 6.09. The maximum Gasteiger partial charge on any atom is 0.321 e. The van der Waals surface area contributed by atoms with Crippen molar-refractivity contribution < 1.29 is 14.3 Å². The molecule has 2 aromatic carbocycles. The molecule has 1 aliphatic heterocycles.